The summed E-state index contributed by atoms with van der Waals surface area (Å²) in [6.45, 7) is 1.56. The molecule has 1 fully saturated rings. The summed E-state index contributed by atoms with van der Waals surface area (Å²) in [5, 5.41) is 21.2. The van der Waals surface area contributed by atoms with Crippen LogP contribution in [0.15, 0.2) is 72.9 Å². The number of carbonyl (C=O) groups is 2. The van der Waals surface area contributed by atoms with Crippen molar-refractivity contribution >= 4 is 17.6 Å². The zero-order valence-electron chi connectivity index (χ0n) is 24.9. The molecule has 0 aliphatic carbocycles. The minimum atomic E-state index is -0.784. The highest BCUT2D eigenvalue weighted by Gasteiger charge is 2.33. The summed E-state index contributed by atoms with van der Waals surface area (Å²) in [6, 6.07) is 21.4. The fourth-order valence-corrected chi connectivity index (χ4v) is 5.23. The summed E-state index contributed by atoms with van der Waals surface area (Å²) in [4.78, 5) is 29.9. The van der Waals surface area contributed by atoms with Gasteiger partial charge in [-0.15, -0.1) is 0 Å². The quantitative estimate of drug-likeness (QED) is 0.183. The Morgan fingerprint density at radius 2 is 1.74 bits per heavy atom. The SMILES string of the molecule is CN(CCc1ccccn1)CC1CC(c2ccc(CO)cc2)OC(c2cccc(NC(=O)CCCCCCC(=O)O)c2)O1. The second-order valence-corrected chi connectivity index (χ2v) is 11.2. The Balaban J connectivity index is 1.38. The second-order valence-electron chi connectivity index (χ2n) is 11.2. The summed E-state index contributed by atoms with van der Waals surface area (Å²) in [6.07, 6.45) is 5.97. The number of nitrogens with zero attached hydrogens (tertiary/aromatic N) is 2. The molecule has 3 aromatic rings. The molecule has 1 aliphatic heterocycles. The Hall–Kier alpha value is -3.63. The third kappa shape index (κ3) is 10.9. The first-order valence-corrected chi connectivity index (χ1v) is 15.1. The van der Waals surface area contributed by atoms with Crippen LogP contribution in [0.25, 0.3) is 0 Å². The lowest BCUT2D eigenvalue weighted by Gasteiger charge is -2.38. The monoisotopic (exact) mass is 589 g/mol. The van der Waals surface area contributed by atoms with Gasteiger partial charge in [-0.1, -0.05) is 55.3 Å². The fourth-order valence-electron chi connectivity index (χ4n) is 5.23. The van der Waals surface area contributed by atoms with Crippen LogP contribution in [0.5, 0.6) is 0 Å². The Morgan fingerprint density at radius 1 is 0.953 bits per heavy atom. The number of benzene rings is 2. The van der Waals surface area contributed by atoms with Crippen molar-refractivity contribution < 1.29 is 29.3 Å². The maximum Gasteiger partial charge on any atom is 0.303 e. The highest BCUT2D eigenvalue weighted by atomic mass is 16.7. The van der Waals surface area contributed by atoms with E-state index in [0.29, 0.717) is 31.4 Å². The van der Waals surface area contributed by atoms with Crippen LogP contribution in [-0.2, 0) is 32.1 Å². The molecule has 0 radical (unpaired) electrons. The van der Waals surface area contributed by atoms with Gasteiger partial charge in [0.25, 0.3) is 0 Å². The minimum absolute atomic E-state index is 0.00946. The van der Waals surface area contributed by atoms with Gasteiger partial charge in [0.1, 0.15) is 0 Å². The van der Waals surface area contributed by atoms with Gasteiger partial charge in [-0.25, -0.2) is 0 Å². The van der Waals surface area contributed by atoms with Crippen molar-refractivity contribution in [1.29, 1.82) is 0 Å². The summed E-state index contributed by atoms with van der Waals surface area (Å²) >= 11 is 0. The zero-order valence-corrected chi connectivity index (χ0v) is 24.9. The number of nitrogens with one attached hydrogen (secondary N) is 1. The average molecular weight is 590 g/mol. The van der Waals surface area contributed by atoms with E-state index in [9.17, 15) is 14.7 Å². The number of rotatable bonds is 16. The summed E-state index contributed by atoms with van der Waals surface area (Å²) < 4.78 is 13.0. The molecule has 230 valence electrons. The molecule has 9 nitrogen and oxygen atoms in total. The number of anilines is 1. The van der Waals surface area contributed by atoms with Crippen molar-refractivity contribution in [2.45, 2.75) is 76.5 Å². The van der Waals surface area contributed by atoms with E-state index in [1.807, 2.05) is 72.9 Å². The van der Waals surface area contributed by atoms with E-state index in [1.54, 1.807) is 0 Å². The van der Waals surface area contributed by atoms with E-state index in [2.05, 4.69) is 22.2 Å². The van der Waals surface area contributed by atoms with Gasteiger partial charge in [0, 0.05) is 61.9 Å². The van der Waals surface area contributed by atoms with E-state index < -0.39 is 12.3 Å². The van der Waals surface area contributed by atoms with Crippen molar-refractivity contribution in [3.63, 3.8) is 0 Å². The van der Waals surface area contributed by atoms with Crippen LogP contribution in [0.4, 0.5) is 5.69 Å². The summed E-state index contributed by atoms with van der Waals surface area (Å²) in [5.74, 6) is -0.858. The van der Waals surface area contributed by atoms with Gasteiger partial charge >= 0.3 is 5.97 Å². The van der Waals surface area contributed by atoms with E-state index in [4.69, 9.17) is 14.6 Å². The molecule has 0 bridgehead atoms. The molecule has 43 heavy (non-hydrogen) atoms. The highest BCUT2D eigenvalue weighted by Crippen LogP contribution is 2.38. The van der Waals surface area contributed by atoms with Crippen LogP contribution in [0.2, 0.25) is 0 Å². The van der Waals surface area contributed by atoms with Gasteiger partial charge in [-0.2, -0.15) is 0 Å². The molecule has 0 saturated carbocycles. The number of carbonyl (C=O) groups excluding carboxylic acids is 1. The lowest BCUT2D eigenvalue weighted by Crippen LogP contribution is -2.38. The number of aromatic nitrogens is 1. The van der Waals surface area contributed by atoms with Gasteiger partial charge in [0.2, 0.25) is 5.91 Å². The molecule has 2 heterocycles. The van der Waals surface area contributed by atoms with Gasteiger partial charge in [-0.05, 0) is 55.3 Å². The number of hydrogen-bond donors (Lipinski definition) is 3. The summed E-state index contributed by atoms with van der Waals surface area (Å²) in [7, 11) is 2.09. The van der Waals surface area contributed by atoms with E-state index in [1.165, 1.54) is 0 Å². The zero-order chi connectivity index (χ0) is 30.4. The molecule has 3 N–H and O–H groups in total. The third-order valence-corrected chi connectivity index (χ3v) is 7.59. The van der Waals surface area contributed by atoms with Crippen molar-refractivity contribution in [3.05, 3.63) is 95.3 Å². The van der Waals surface area contributed by atoms with Crippen LogP contribution in [0.3, 0.4) is 0 Å². The van der Waals surface area contributed by atoms with E-state index >= 15 is 0 Å². The number of ether oxygens (including phenoxy) is 2. The number of aliphatic carboxylic acids is 1. The van der Waals surface area contributed by atoms with Crippen LogP contribution >= 0.6 is 0 Å². The van der Waals surface area contributed by atoms with Crippen LogP contribution in [0.1, 0.15) is 79.7 Å². The number of carboxylic acid groups (broad SMARTS) is 1. The van der Waals surface area contributed by atoms with Gasteiger partial charge in [-0.3, -0.25) is 14.6 Å². The van der Waals surface area contributed by atoms with Gasteiger partial charge < -0.3 is 29.9 Å². The molecule has 1 saturated heterocycles. The Bertz CT molecular complexity index is 1290. The molecule has 3 unspecified atom stereocenters. The van der Waals surface area contributed by atoms with E-state index in [-0.39, 0.29) is 31.1 Å². The molecule has 2 aromatic carbocycles. The van der Waals surface area contributed by atoms with Crippen LogP contribution in [-0.4, -0.2) is 58.2 Å². The van der Waals surface area contributed by atoms with Crippen molar-refractivity contribution in [3.8, 4) is 0 Å². The third-order valence-electron chi connectivity index (χ3n) is 7.59. The number of pyridine rings is 1. The molecule has 1 amide bonds. The fraction of sp³-hybridized carbons (Fsp3) is 0.441. The number of aliphatic hydroxyl groups is 1. The largest absolute Gasteiger partial charge is 0.481 e. The number of aliphatic hydroxyl groups excluding tert-OH is 1. The number of unbranched alkanes of at least 4 members (excludes halogenated alkanes) is 3. The number of likely N-dealkylation sites (N-methyl/N-ethyl adjacent to an activating group) is 1. The Morgan fingerprint density at radius 3 is 2.47 bits per heavy atom. The van der Waals surface area contributed by atoms with Crippen molar-refractivity contribution in [2.24, 2.45) is 0 Å². The van der Waals surface area contributed by atoms with Gasteiger partial charge in [0.05, 0.1) is 18.8 Å². The molecular formula is C34H43N3O6. The molecule has 9 heteroatoms. The number of hydrogen-bond acceptors (Lipinski definition) is 7. The maximum absolute atomic E-state index is 12.6. The standard InChI is InChI=1S/C34H43N3O6/c1-37(20-18-28-10-6-7-19-35-28)23-30-22-31(26-16-14-25(24-38)15-17-26)43-34(42-30)27-9-8-11-29(21-27)36-32(39)12-4-2-3-5-13-33(40)41/h6-11,14-17,19,21,30-31,34,38H,2-5,12-13,18,20,22-24H2,1H3,(H,36,39)(H,40,41). The lowest BCUT2D eigenvalue weighted by atomic mass is 9.99. The molecule has 1 aliphatic rings. The predicted molar refractivity (Wildman–Crippen MR) is 164 cm³/mol. The minimum Gasteiger partial charge on any atom is -0.481 e. The van der Waals surface area contributed by atoms with E-state index in [0.717, 1.165) is 54.7 Å². The molecule has 3 atom stereocenters. The maximum atomic E-state index is 12.6. The molecule has 1 aromatic heterocycles. The van der Waals surface area contributed by atoms with Crippen molar-refractivity contribution in [1.82, 2.24) is 9.88 Å². The Labute approximate surface area is 253 Å². The first kappa shape index (κ1) is 32.3. The first-order chi connectivity index (χ1) is 20.9. The molecular weight excluding hydrogens is 546 g/mol. The molecule has 0 spiro atoms. The number of carboxylic acids is 1. The highest BCUT2D eigenvalue weighted by molar-refractivity contribution is 5.90. The normalized spacial score (nSPS) is 18.4. The second kappa shape index (κ2) is 16.9. The van der Waals surface area contributed by atoms with Gasteiger partial charge in [0.15, 0.2) is 6.29 Å². The Kier molecular flexibility index (Phi) is 12.7. The predicted octanol–water partition coefficient (Wildman–Crippen LogP) is 5.66. The van der Waals surface area contributed by atoms with Crippen LogP contribution < -0.4 is 5.32 Å². The number of amides is 1. The first-order valence-electron chi connectivity index (χ1n) is 15.1. The van der Waals surface area contributed by atoms with Crippen LogP contribution in [0, 0.1) is 0 Å². The topological polar surface area (TPSA) is 121 Å². The average Bonchev–Trinajstić information content (AvgIpc) is 3.02. The van der Waals surface area contributed by atoms with Crippen molar-refractivity contribution in [2.75, 3.05) is 25.5 Å². The smallest absolute Gasteiger partial charge is 0.303 e. The lowest BCUT2D eigenvalue weighted by molar-refractivity contribution is -0.252. The summed E-state index contributed by atoms with van der Waals surface area (Å²) in [5.41, 5.74) is 4.43. The molecule has 4 rings (SSSR count).